The van der Waals surface area contributed by atoms with E-state index in [9.17, 15) is 9.18 Å². The number of pyridine rings is 1. The number of ether oxygens (including phenoxy) is 1. The van der Waals surface area contributed by atoms with E-state index in [0.29, 0.717) is 28.4 Å². The Morgan fingerprint density at radius 2 is 1.84 bits per heavy atom. The molecule has 1 amide bonds. The van der Waals surface area contributed by atoms with Crippen LogP contribution in [0.1, 0.15) is 10.4 Å². The highest BCUT2D eigenvalue weighted by molar-refractivity contribution is 6.35. The SMILES string of the molecule is COc1cc(F)ccc1-c1ccc(C(=O)Nc2cnc(-n3nccn3)c(Cl)c2)c(Cl)c1. The molecule has 7 nitrogen and oxygen atoms in total. The molecule has 0 saturated heterocycles. The fourth-order valence-electron chi connectivity index (χ4n) is 2.94. The zero-order chi connectivity index (χ0) is 22.0. The molecule has 0 aliphatic carbocycles. The Morgan fingerprint density at radius 3 is 2.52 bits per heavy atom. The van der Waals surface area contributed by atoms with Crippen LogP contribution in [0.4, 0.5) is 10.1 Å². The molecule has 0 fully saturated rings. The van der Waals surface area contributed by atoms with E-state index in [1.165, 1.54) is 48.7 Å². The second-order valence-electron chi connectivity index (χ2n) is 6.34. The molecular weight excluding hydrogens is 444 g/mol. The van der Waals surface area contributed by atoms with Gasteiger partial charge in [-0.15, -0.1) is 4.80 Å². The van der Waals surface area contributed by atoms with E-state index in [1.807, 2.05) is 0 Å². The molecule has 10 heteroatoms. The summed E-state index contributed by atoms with van der Waals surface area (Å²) in [5.41, 5.74) is 1.96. The third kappa shape index (κ3) is 4.35. The van der Waals surface area contributed by atoms with Gasteiger partial charge in [-0.25, -0.2) is 9.37 Å². The number of methoxy groups -OCH3 is 1. The van der Waals surface area contributed by atoms with Crippen molar-refractivity contribution in [3.8, 4) is 22.7 Å². The van der Waals surface area contributed by atoms with E-state index in [4.69, 9.17) is 27.9 Å². The maximum atomic E-state index is 13.5. The van der Waals surface area contributed by atoms with Crippen molar-refractivity contribution in [2.24, 2.45) is 0 Å². The molecule has 4 rings (SSSR count). The summed E-state index contributed by atoms with van der Waals surface area (Å²) in [7, 11) is 1.45. The maximum absolute atomic E-state index is 13.5. The van der Waals surface area contributed by atoms with Crippen molar-refractivity contribution >= 4 is 34.8 Å². The van der Waals surface area contributed by atoms with Gasteiger partial charge in [0.2, 0.25) is 0 Å². The van der Waals surface area contributed by atoms with Gasteiger partial charge >= 0.3 is 0 Å². The van der Waals surface area contributed by atoms with E-state index in [-0.39, 0.29) is 15.6 Å². The van der Waals surface area contributed by atoms with Crippen molar-refractivity contribution < 1.29 is 13.9 Å². The van der Waals surface area contributed by atoms with E-state index < -0.39 is 11.7 Å². The number of carbonyl (C=O) groups is 1. The molecule has 2 aromatic heterocycles. The van der Waals surface area contributed by atoms with E-state index >= 15 is 0 Å². The number of nitrogens with one attached hydrogen (secondary N) is 1. The summed E-state index contributed by atoms with van der Waals surface area (Å²) in [5.74, 6) is -0.157. The van der Waals surface area contributed by atoms with Crippen molar-refractivity contribution in [3.63, 3.8) is 0 Å². The van der Waals surface area contributed by atoms with Crippen LogP contribution < -0.4 is 10.1 Å². The lowest BCUT2D eigenvalue weighted by molar-refractivity contribution is 0.102. The van der Waals surface area contributed by atoms with Crippen LogP contribution in [0, 0.1) is 5.82 Å². The molecule has 0 radical (unpaired) electrons. The van der Waals surface area contributed by atoms with Crippen LogP contribution in [-0.4, -0.2) is 33.0 Å². The first-order chi connectivity index (χ1) is 15.0. The summed E-state index contributed by atoms with van der Waals surface area (Å²) in [4.78, 5) is 18.2. The van der Waals surface area contributed by atoms with Crippen LogP contribution in [0.5, 0.6) is 5.75 Å². The van der Waals surface area contributed by atoms with Gasteiger partial charge in [0.15, 0.2) is 5.82 Å². The Labute approximate surface area is 186 Å². The number of anilines is 1. The lowest BCUT2D eigenvalue weighted by Gasteiger charge is -2.12. The van der Waals surface area contributed by atoms with Gasteiger partial charge in [0, 0.05) is 11.6 Å². The fraction of sp³-hybridized carbons (Fsp3) is 0.0476. The third-order valence-corrected chi connectivity index (χ3v) is 4.97. The monoisotopic (exact) mass is 457 g/mol. The van der Waals surface area contributed by atoms with E-state index in [0.717, 1.165) is 0 Å². The summed E-state index contributed by atoms with van der Waals surface area (Å²) in [6, 6.07) is 10.6. The van der Waals surface area contributed by atoms with Gasteiger partial charge in [-0.3, -0.25) is 4.79 Å². The fourth-order valence-corrected chi connectivity index (χ4v) is 3.45. The number of amides is 1. The first kappa shape index (κ1) is 20.8. The Morgan fingerprint density at radius 1 is 1.06 bits per heavy atom. The van der Waals surface area contributed by atoms with Gasteiger partial charge < -0.3 is 10.1 Å². The number of nitrogens with zero attached hydrogens (tertiary/aromatic N) is 4. The van der Waals surface area contributed by atoms with Crippen molar-refractivity contribution in [1.82, 2.24) is 20.0 Å². The Balaban J connectivity index is 1.56. The van der Waals surface area contributed by atoms with Crippen molar-refractivity contribution in [3.05, 3.63) is 82.5 Å². The average Bonchev–Trinajstić information content (AvgIpc) is 3.28. The van der Waals surface area contributed by atoms with Crippen LogP contribution >= 0.6 is 23.2 Å². The highest BCUT2D eigenvalue weighted by Gasteiger charge is 2.15. The highest BCUT2D eigenvalue weighted by Crippen LogP contribution is 2.33. The molecule has 0 aliphatic heterocycles. The van der Waals surface area contributed by atoms with Crippen molar-refractivity contribution in [2.75, 3.05) is 12.4 Å². The molecule has 31 heavy (non-hydrogen) atoms. The first-order valence-electron chi connectivity index (χ1n) is 8.93. The normalized spacial score (nSPS) is 10.7. The van der Waals surface area contributed by atoms with Crippen LogP contribution in [0.15, 0.2) is 61.1 Å². The first-order valence-corrected chi connectivity index (χ1v) is 9.69. The zero-order valence-corrected chi connectivity index (χ0v) is 17.5. The number of hydrogen-bond donors (Lipinski definition) is 1. The van der Waals surface area contributed by atoms with Gasteiger partial charge in [0.1, 0.15) is 11.6 Å². The topological polar surface area (TPSA) is 81.9 Å². The maximum Gasteiger partial charge on any atom is 0.257 e. The summed E-state index contributed by atoms with van der Waals surface area (Å²) >= 11 is 12.6. The molecule has 0 saturated carbocycles. The van der Waals surface area contributed by atoms with Crippen LogP contribution in [0.25, 0.3) is 16.9 Å². The minimum absolute atomic E-state index is 0.220. The molecule has 2 heterocycles. The third-order valence-electron chi connectivity index (χ3n) is 4.38. The van der Waals surface area contributed by atoms with Crippen molar-refractivity contribution in [1.29, 1.82) is 0 Å². The summed E-state index contributed by atoms with van der Waals surface area (Å²) in [6.07, 6.45) is 4.44. The number of carbonyl (C=O) groups excluding carboxylic acids is 1. The number of rotatable bonds is 5. The Bertz CT molecular complexity index is 1260. The minimum atomic E-state index is -0.439. The molecule has 0 aliphatic rings. The largest absolute Gasteiger partial charge is 0.496 e. The summed E-state index contributed by atoms with van der Waals surface area (Å²) in [5, 5.41) is 11.1. The average molecular weight is 458 g/mol. The van der Waals surface area contributed by atoms with Gasteiger partial charge in [0.05, 0.1) is 47.0 Å². The number of benzene rings is 2. The smallest absolute Gasteiger partial charge is 0.257 e. The van der Waals surface area contributed by atoms with Crippen molar-refractivity contribution in [2.45, 2.75) is 0 Å². The second kappa shape index (κ2) is 8.71. The van der Waals surface area contributed by atoms with Gasteiger partial charge in [-0.1, -0.05) is 29.3 Å². The van der Waals surface area contributed by atoms with Gasteiger partial charge in [-0.05, 0) is 35.9 Å². The minimum Gasteiger partial charge on any atom is -0.496 e. The molecule has 0 atom stereocenters. The number of aromatic nitrogens is 4. The zero-order valence-electron chi connectivity index (χ0n) is 16.0. The quantitative estimate of drug-likeness (QED) is 0.454. The van der Waals surface area contributed by atoms with Crippen LogP contribution in [0.3, 0.4) is 0 Å². The molecule has 0 spiro atoms. The molecule has 2 aromatic carbocycles. The molecule has 0 bridgehead atoms. The summed E-state index contributed by atoms with van der Waals surface area (Å²) in [6.45, 7) is 0. The lowest BCUT2D eigenvalue weighted by Crippen LogP contribution is -2.13. The van der Waals surface area contributed by atoms with Gasteiger partial charge in [-0.2, -0.15) is 10.2 Å². The standard InChI is InChI=1S/C21H14Cl2FN5O2/c1-31-19-9-13(24)3-5-15(19)12-2-4-16(17(22)8-12)21(30)28-14-10-18(23)20(25-11-14)29-26-6-7-27-29/h2-11H,1H3,(H,28,30). The number of hydrogen-bond acceptors (Lipinski definition) is 5. The summed E-state index contributed by atoms with van der Waals surface area (Å²) < 4.78 is 18.7. The van der Waals surface area contributed by atoms with E-state index in [1.54, 1.807) is 24.3 Å². The molecule has 4 aromatic rings. The predicted molar refractivity (Wildman–Crippen MR) is 116 cm³/mol. The molecule has 1 N–H and O–H groups in total. The highest BCUT2D eigenvalue weighted by atomic mass is 35.5. The van der Waals surface area contributed by atoms with E-state index in [2.05, 4.69) is 20.5 Å². The lowest BCUT2D eigenvalue weighted by atomic mass is 10.0. The predicted octanol–water partition coefficient (Wildman–Crippen LogP) is 5.04. The number of halogens is 3. The Hall–Kier alpha value is -3.49. The molecule has 156 valence electrons. The Kier molecular flexibility index (Phi) is 5.83. The molecule has 0 unspecified atom stereocenters. The van der Waals surface area contributed by atoms with Crippen LogP contribution in [0.2, 0.25) is 10.0 Å². The van der Waals surface area contributed by atoms with Gasteiger partial charge in [0.25, 0.3) is 5.91 Å². The molecular formula is C21H14Cl2FN5O2. The second-order valence-corrected chi connectivity index (χ2v) is 7.16. The van der Waals surface area contributed by atoms with Crippen LogP contribution in [-0.2, 0) is 0 Å².